The number of rotatable bonds is 4. The molecule has 0 fully saturated rings. The van der Waals surface area contributed by atoms with Crippen LogP contribution in [0.5, 0.6) is 0 Å². The van der Waals surface area contributed by atoms with Crippen LogP contribution in [0.15, 0.2) is 36.4 Å². The fourth-order valence-corrected chi connectivity index (χ4v) is 2.99. The van der Waals surface area contributed by atoms with Crippen LogP contribution in [0.1, 0.15) is 33.4 Å². The molecule has 0 saturated carbocycles. The van der Waals surface area contributed by atoms with Gasteiger partial charge in [0.25, 0.3) is 0 Å². The predicted molar refractivity (Wildman–Crippen MR) is 87.2 cm³/mol. The third-order valence-corrected chi connectivity index (χ3v) is 4.05. The highest BCUT2D eigenvalue weighted by Crippen LogP contribution is 2.19. The van der Waals surface area contributed by atoms with E-state index in [-0.39, 0.29) is 6.04 Å². The molecular weight excluding hydrogens is 242 g/mol. The average molecular weight is 267 g/mol. The van der Waals surface area contributed by atoms with E-state index < -0.39 is 0 Å². The van der Waals surface area contributed by atoms with Crippen LogP contribution in [-0.2, 0) is 12.8 Å². The molecule has 1 unspecified atom stereocenters. The molecule has 0 aromatic heterocycles. The Hall–Kier alpha value is -1.60. The van der Waals surface area contributed by atoms with Crippen LogP contribution in [0.2, 0.25) is 0 Å². The highest BCUT2D eigenvalue weighted by molar-refractivity contribution is 5.38. The van der Waals surface area contributed by atoms with Gasteiger partial charge in [0.2, 0.25) is 0 Å². The van der Waals surface area contributed by atoms with Gasteiger partial charge in [-0.15, -0.1) is 0 Å². The van der Waals surface area contributed by atoms with Crippen molar-refractivity contribution in [2.75, 3.05) is 0 Å². The van der Waals surface area contributed by atoms with E-state index in [0.29, 0.717) is 0 Å². The zero-order chi connectivity index (χ0) is 14.7. The third-order valence-electron chi connectivity index (χ3n) is 4.05. The first-order valence-corrected chi connectivity index (χ1v) is 7.34. The number of hydrogen-bond acceptors (Lipinski definition) is 1. The van der Waals surface area contributed by atoms with Gasteiger partial charge in [-0.1, -0.05) is 42.0 Å². The summed E-state index contributed by atoms with van der Waals surface area (Å²) >= 11 is 0. The number of benzene rings is 2. The SMILES string of the molecule is Cc1cc(C)c(CC(N)Cc2ccccc2C)c(C)c1. The van der Waals surface area contributed by atoms with E-state index in [0.717, 1.165) is 12.8 Å². The van der Waals surface area contributed by atoms with Gasteiger partial charge >= 0.3 is 0 Å². The number of nitrogens with two attached hydrogens (primary N) is 1. The van der Waals surface area contributed by atoms with Crippen LogP contribution in [0.4, 0.5) is 0 Å². The summed E-state index contributed by atoms with van der Waals surface area (Å²) in [5, 5.41) is 0. The Morgan fingerprint density at radius 2 is 1.45 bits per heavy atom. The molecule has 0 bridgehead atoms. The lowest BCUT2D eigenvalue weighted by molar-refractivity contribution is 0.658. The largest absolute Gasteiger partial charge is 0.327 e. The summed E-state index contributed by atoms with van der Waals surface area (Å²) in [5.41, 5.74) is 14.6. The Balaban J connectivity index is 2.13. The molecule has 1 atom stereocenters. The first-order chi connectivity index (χ1) is 9.47. The molecular formula is C19H25N. The van der Waals surface area contributed by atoms with Gasteiger partial charge in [0.05, 0.1) is 0 Å². The van der Waals surface area contributed by atoms with Gasteiger partial charge in [0.1, 0.15) is 0 Å². The Kier molecular flexibility index (Phi) is 4.61. The highest BCUT2D eigenvalue weighted by Gasteiger charge is 2.11. The van der Waals surface area contributed by atoms with Gasteiger partial charge in [-0.2, -0.15) is 0 Å². The Morgan fingerprint density at radius 3 is 2.05 bits per heavy atom. The number of hydrogen-bond donors (Lipinski definition) is 1. The molecule has 0 heterocycles. The van der Waals surface area contributed by atoms with E-state index in [2.05, 4.69) is 64.1 Å². The Morgan fingerprint density at radius 1 is 0.850 bits per heavy atom. The van der Waals surface area contributed by atoms with Crippen molar-refractivity contribution in [1.82, 2.24) is 0 Å². The maximum atomic E-state index is 6.38. The molecule has 1 heteroatoms. The van der Waals surface area contributed by atoms with Crippen molar-refractivity contribution in [3.8, 4) is 0 Å². The molecule has 0 radical (unpaired) electrons. The minimum atomic E-state index is 0.177. The predicted octanol–water partition coefficient (Wildman–Crippen LogP) is 4.03. The summed E-state index contributed by atoms with van der Waals surface area (Å²) in [6, 6.07) is 13.2. The van der Waals surface area contributed by atoms with Crippen LogP contribution >= 0.6 is 0 Å². The van der Waals surface area contributed by atoms with Crippen molar-refractivity contribution < 1.29 is 0 Å². The van der Waals surface area contributed by atoms with Gasteiger partial charge in [-0.05, 0) is 68.4 Å². The van der Waals surface area contributed by atoms with Gasteiger partial charge in [-0.25, -0.2) is 0 Å². The first kappa shape index (κ1) is 14.8. The number of aryl methyl sites for hydroxylation is 4. The van der Waals surface area contributed by atoms with Gasteiger partial charge in [0, 0.05) is 6.04 Å². The monoisotopic (exact) mass is 267 g/mol. The van der Waals surface area contributed by atoms with E-state index in [1.807, 2.05) is 0 Å². The second-order valence-electron chi connectivity index (χ2n) is 5.97. The van der Waals surface area contributed by atoms with Crippen molar-refractivity contribution in [1.29, 1.82) is 0 Å². The molecule has 0 aliphatic heterocycles. The summed E-state index contributed by atoms with van der Waals surface area (Å²) < 4.78 is 0. The third kappa shape index (κ3) is 3.49. The van der Waals surface area contributed by atoms with E-state index in [1.54, 1.807) is 0 Å². The van der Waals surface area contributed by atoms with Crippen LogP contribution in [0.3, 0.4) is 0 Å². The molecule has 0 saturated heterocycles. The lowest BCUT2D eigenvalue weighted by Gasteiger charge is -2.17. The molecule has 106 valence electrons. The molecule has 1 nitrogen and oxygen atoms in total. The van der Waals surface area contributed by atoms with E-state index in [9.17, 15) is 0 Å². The Bertz CT molecular complexity index is 575. The van der Waals surface area contributed by atoms with Crippen LogP contribution < -0.4 is 5.73 Å². The van der Waals surface area contributed by atoms with Gasteiger partial charge in [-0.3, -0.25) is 0 Å². The van der Waals surface area contributed by atoms with Crippen LogP contribution in [0.25, 0.3) is 0 Å². The van der Waals surface area contributed by atoms with E-state index in [1.165, 1.54) is 33.4 Å². The first-order valence-electron chi connectivity index (χ1n) is 7.34. The summed E-state index contributed by atoms with van der Waals surface area (Å²) in [4.78, 5) is 0. The quantitative estimate of drug-likeness (QED) is 0.889. The summed E-state index contributed by atoms with van der Waals surface area (Å²) in [7, 11) is 0. The maximum absolute atomic E-state index is 6.38. The second kappa shape index (κ2) is 6.23. The van der Waals surface area contributed by atoms with Crippen molar-refractivity contribution in [2.45, 2.75) is 46.6 Å². The lowest BCUT2D eigenvalue weighted by atomic mass is 9.91. The molecule has 20 heavy (non-hydrogen) atoms. The smallest absolute Gasteiger partial charge is 0.0120 e. The molecule has 2 aromatic rings. The van der Waals surface area contributed by atoms with Crippen molar-refractivity contribution in [3.05, 3.63) is 69.8 Å². The van der Waals surface area contributed by atoms with Gasteiger partial charge < -0.3 is 5.73 Å². The van der Waals surface area contributed by atoms with Crippen molar-refractivity contribution >= 4 is 0 Å². The van der Waals surface area contributed by atoms with E-state index >= 15 is 0 Å². The summed E-state index contributed by atoms with van der Waals surface area (Å²) in [5.74, 6) is 0. The highest BCUT2D eigenvalue weighted by atomic mass is 14.6. The summed E-state index contributed by atoms with van der Waals surface area (Å²) in [6.07, 6.45) is 1.89. The fourth-order valence-electron chi connectivity index (χ4n) is 2.99. The molecule has 2 rings (SSSR count). The summed E-state index contributed by atoms with van der Waals surface area (Å²) in [6.45, 7) is 8.69. The topological polar surface area (TPSA) is 26.0 Å². The minimum Gasteiger partial charge on any atom is -0.327 e. The molecule has 0 aliphatic rings. The molecule has 2 aromatic carbocycles. The van der Waals surface area contributed by atoms with Gasteiger partial charge in [0.15, 0.2) is 0 Å². The van der Waals surface area contributed by atoms with Crippen LogP contribution in [0, 0.1) is 27.7 Å². The fraction of sp³-hybridized carbons (Fsp3) is 0.368. The van der Waals surface area contributed by atoms with Crippen LogP contribution in [-0.4, -0.2) is 6.04 Å². The average Bonchev–Trinajstić information content (AvgIpc) is 2.36. The van der Waals surface area contributed by atoms with Crippen molar-refractivity contribution in [2.24, 2.45) is 5.73 Å². The Labute approximate surface area is 122 Å². The lowest BCUT2D eigenvalue weighted by Crippen LogP contribution is -2.26. The minimum absolute atomic E-state index is 0.177. The standard InChI is InChI=1S/C19H25N/c1-13-9-15(3)19(16(4)10-13)12-18(20)11-17-8-6-5-7-14(17)2/h5-10,18H,11-12,20H2,1-4H3. The molecule has 0 spiro atoms. The molecule has 0 amide bonds. The zero-order valence-corrected chi connectivity index (χ0v) is 13.0. The molecule has 0 aliphatic carbocycles. The van der Waals surface area contributed by atoms with E-state index in [4.69, 9.17) is 5.73 Å². The maximum Gasteiger partial charge on any atom is 0.0120 e. The normalized spacial score (nSPS) is 12.4. The van der Waals surface area contributed by atoms with Crippen molar-refractivity contribution in [3.63, 3.8) is 0 Å². The molecule has 2 N–H and O–H groups in total. The zero-order valence-electron chi connectivity index (χ0n) is 13.0. The second-order valence-corrected chi connectivity index (χ2v) is 5.97.